The van der Waals surface area contributed by atoms with Crippen LogP contribution < -0.4 is 5.32 Å². The maximum atomic E-state index is 12.5. The van der Waals surface area contributed by atoms with Crippen LogP contribution in [0.25, 0.3) is 0 Å². The Balaban J connectivity index is 1.67. The fourth-order valence-corrected chi connectivity index (χ4v) is 3.24. The summed E-state index contributed by atoms with van der Waals surface area (Å²) in [5.41, 5.74) is 0. The molecule has 0 spiro atoms. The average molecular weight is 239 g/mol. The van der Waals surface area contributed by atoms with Crippen LogP contribution in [-0.2, 0) is 4.74 Å². The van der Waals surface area contributed by atoms with E-state index >= 15 is 0 Å². The Bertz CT molecular complexity index is 291. The third-order valence-corrected chi connectivity index (χ3v) is 4.21. The molecular weight excluding hydrogens is 218 g/mol. The van der Waals surface area contributed by atoms with Crippen molar-refractivity contribution in [1.29, 1.82) is 0 Å². The molecule has 5 heteroatoms. The third kappa shape index (κ3) is 2.13. The zero-order valence-electron chi connectivity index (χ0n) is 10.2. The van der Waals surface area contributed by atoms with Crippen LogP contribution in [0.1, 0.15) is 12.8 Å². The van der Waals surface area contributed by atoms with Crippen LogP contribution in [0.4, 0.5) is 4.79 Å². The molecule has 0 saturated carbocycles. The molecule has 0 aromatic rings. The number of morpholine rings is 1. The lowest BCUT2D eigenvalue weighted by Gasteiger charge is -2.40. The molecule has 2 amide bonds. The van der Waals surface area contributed by atoms with E-state index in [2.05, 4.69) is 10.2 Å². The molecule has 3 aliphatic heterocycles. The molecule has 3 saturated heterocycles. The first-order valence-corrected chi connectivity index (χ1v) is 6.70. The van der Waals surface area contributed by atoms with Gasteiger partial charge >= 0.3 is 6.03 Å². The van der Waals surface area contributed by atoms with Gasteiger partial charge in [-0.3, -0.25) is 0 Å². The fourth-order valence-electron chi connectivity index (χ4n) is 3.24. The SMILES string of the molecule is O=C(N1CCOCC1)N1CCCC2CNCC21. The summed E-state index contributed by atoms with van der Waals surface area (Å²) in [5, 5.41) is 3.41. The molecule has 3 rings (SSSR count). The quantitative estimate of drug-likeness (QED) is 0.653. The van der Waals surface area contributed by atoms with E-state index in [-0.39, 0.29) is 6.03 Å². The topological polar surface area (TPSA) is 44.8 Å². The van der Waals surface area contributed by atoms with E-state index in [9.17, 15) is 4.79 Å². The predicted molar refractivity (Wildman–Crippen MR) is 63.9 cm³/mol. The van der Waals surface area contributed by atoms with E-state index < -0.39 is 0 Å². The van der Waals surface area contributed by atoms with Gasteiger partial charge in [-0.05, 0) is 18.8 Å². The summed E-state index contributed by atoms with van der Waals surface area (Å²) in [7, 11) is 0. The standard InChI is InChI=1S/C12H21N3O2/c16-12(14-4-6-17-7-5-14)15-3-1-2-10-8-13-9-11(10)15/h10-11,13H,1-9H2. The van der Waals surface area contributed by atoms with Gasteiger partial charge in [0.2, 0.25) is 0 Å². The van der Waals surface area contributed by atoms with Gasteiger partial charge in [0, 0.05) is 38.8 Å². The third-order valence-electron chi connectivity index (χ3n) is 4.21. The highest BCUT2D eigenvalue weighted by Crippen LogP contribution is 2.27. The highest BCUT2D eigenvalue weighted by Gasteiger charge is 2.38. The van der Waals surface area contributed by atoms with E-state index in [0.717, 1.165) is 39.1 Å². The van der Waals surface area contributed by atoms with Crippen molar-refractivity contribution in [3.63, 3.8) is 0 Å². The van der Waals surface area contributed by atoms with E-state index in [4.69, 9.17) is 4.74 Å². The first-order chi connectivity index (χ1) is 8.36. The van der Waals surface area contributed by atoms with Crippen LogP contribution >= 0.6 is 0 Å². The van der Waals surface area contributed by atoms with Crippen LogP contribution in [0.2, 0.25) is 0 Å². The van der Waals surface area contributed by atoms with Crippen LogP contribution in [0.3, 0.4) is 0 Å². The number of piperidine rings is 1. The number of carbonyl (C=O) groups excluding carboxylic acids is 1. The number of rotatable bonds is 0. The normalized spacial score (nSPS) is 33.6. The maximum absolute atomic E-state index is 12.5. The molecular formula is C12H21N3O2. The number of nitrogens with one attached hydrogen (secondary N) is 1. The van der Waals surface area contributed by atoms with Crippen LogP contribution in [0.15, 0.2) is 0 Å². The molecule has 96 valence electrons. The van der Waals surface area contributed by atoms with E-state index in [1.807, 2.05) is 4.90 Å². The molecule has 0 radical (unpaired) electrons. The van der Waals surface area contributed by atoms with Gasteiger partial charge in [-0.2, -0.15) is 0 Å². The smallest absolute Gasteiger partial charge is 0.320 e. The van der Waals surface area contributed by atoms with Gasteiger partial charge in [-0.1, -0.05) is 0 Å². The van der Waals surface area contributed by atoms with Crippen molar-refractivity contribution in [3.05, 3.63) is 0 Å². The zero-order chi connectivity index (χ0) is 11.7. The summed E-state index contributed by atoms with van der Waals surface area (Å²) >= 11 is 0. The van der Waals surface area contributed by atoms with Crippen molar-refractivity contribution in [2.45, 2.75) is 18.9 Å². The second kappa shape index (κ2) is 4.82. The molecule has 3 heterocycles. The van der Waals surface area contributed by atoms with Gasteiger partial charge in [0.05, 0.1) is 13.2 Å². The van der Waals surface area contributed by atoms with Crippen molar-refractivity contribution in [1.82, 2.24) is 15.1 Å². The van der Waals surface area contributed by atoms with Crippen molar-refractivity contribution in [2.75, 3.05) is 45.9 Å². The molecule has 0 bridgehead atoms. The summed E-state index contributed by atoms with van der Waals surface area (Å²) < 4.78 is 5.30. The fraction of sp³-hybridized carbons (Fsp3) is 0.917. The lowest BCUT2D eigenvalue weighted by Crippen LogP contribution is -2.55. The number of fused-ring (bicyclic) bond motifs is 1. The average Bonchev–Trinajstić information content (AvgIpc) is 2.87. The minimum absolute atomic E-state index is 0.228. The summed E-state index contributed by atoms with van der Waals surface area (Å²) in [5.74, 6) is 0.675. The molecule has 0 aromatic carbocycles. The second-order valence-corrected chi connectivity index (χ2v) is 5.20. The molecule has 2 unspecified atom stereocenters. The number of carbonyl (C=O) groups is 1. The summed E-state index contributed by atoms with van der Waals surface area (Å²) in [6.07, 6.45) is 2.42. The highest BCUT2D eigenvalue weighted by atomic mass is 16.5. The van der Waals surface area contributed by atoms with E-state index in [1.54, 1.807) is 0 Å². The Hall–Kier alpha value is -0.810. The number of hydrogen-bond donors (Lipinski definition) is 1. The van der Waals surface area contributed by atoms with Crippen molar-refractivity contribution in [2.24, 2.45) is 5.92 Å². The molecule has 1 N–H and O–H groups in total. The first kappa shape index (κ1) is 11.3. The molecule has 3 aliphatic rings. The van der Waals surface area contributed by atoms with Gasteiger partial charge < -0.3 is 19.9 Å². The Morgan fingerprint density at radius 2 is 2.00 bits per heavy atom. The Morgan fingerprint density at radius 3 is 2.82 bits per heavy atom. The summed E-state index contributed by atoms with van der Waals surface area (Å²) in [6.45, 7) is 5.86. The lowest BCUT2D eigenvalue weighted by molar-refractivity contribution is 0.0335. The molecule has 3 fully saturated rings. The number of likely N-dealkylation sites (tertiary alicyclic amines) is 1. The molecule has 17 heavy (non-hydrogen) atoms. The monoisotopic (exact) mass is 239 g/mol. The number of amides is 2. The van der Waals surface area contributed by atoms with E-state index in [1.165, 1.54) is 6.42 Å². The van der Waals surface area contributed by atoms with Crippen molar-refractivity contribution >= 4 is 6.03 Å². The minimum atomic E-state index is 0.228. The second-order valence-electron chi connectivity index (χ2n) is 5.20. The largest absolute Gasteiger partial charge is 0.378 e. The van der Waals surface area contributed by atoms with Gasteiger partial charge in [0.15, 0.2) is 0 Å². The van der Waals surface area contributed by atoms with Gasteiger partial charge in [-0.25, -0.2) is 4.79 Å². The van der Waals surface area contributed by atoms with Gasteiger partial charge in [0.25, 0.3) is 0 Å². The number of urea groups is 1. The van der Waals surface area contributed by atoms with Crippen LogP contribution in [0.5, 0.6) is 0 Å². The number of ether oxygens (including phenoxy) is 1. The number of nitrogens with zero attached hydrogens (tertiary/aromatic N) is 2. The summed E-state index contributed by atoms with van der Waals surface area (Å²) in [4.78, 5) is 16.5. The lowest BCUT2D eigenvalue weighted by atomic mass is 9.92. The predicted octanol–water partition coefficient (Wildman–Crippen LogP) is 0.122. The Morgan fingerprint density at radius 1 is 1.18 bits per heavy atom. The first-order valence-electron chi connectivity index (χ1n) is 6.70. The molecule has 2 atom stereocenters. The molecule has 0 aromatic heterocycles. The highest BCUT2D eigenvalue weighted by molar-refractivity contribution is 5.75. The van der Waals surface area contributed by atoms with E-state index in [0.29, 0.717) is 25.2 Å². The summed E-state index contributed by atoms with van der Waals surface area (Å²) in [6, 6.07) is 0.658. The van der Waals surface area contributed by atoms with Crippen LogP contribution in [-0.4, -0.2) is 67.8 Å². The molecule has 5 nitrogen and oxygen atoms in total. The van der Waals surface area contributed by atoms with Gasteiger partial charge in [0.1, 0.15) is 0 Å². The zero-order valence-corrected chi connectivity index (χ0v) is 10.2. The Kier molecular flexibility index (Phi) is 3.20. The van der Waals surface area contributed by atoms with Gasteiger partial charge in [-0.15, -0.1) is 0 Å². The van der Waals surface area contributed by atoms with Crippen molar-refractivity contribution < 1.29 is 9.53 Å². The number of hydrogen-bond acceptors (Lipinski definition) is 3. The van der Waals surface area contributed by atoms with Crippen molar-refractivity contribution in [3.8, 4) is 0 Å². The Labute approximate surface area is 102 Å². The maximum Gasteiger partial charge on any atom is 0.320 e. The van der Waals surface area contributed by atoms with Crippen LogP contribution in [0, 0.1) is 5.92 Å². The molecule has 0 aliphatic carbocycles. The minimum Gasteiger partial charge on any atom is -0.378 e.